The lowest BCUT2D eigenvalue weighted by Crippen LogP contribution is -2.28. The first-order chi connectivity index (χ1) is 8.99. The van der Waals surface area contributed by atoms with Crippen LogP contribution in [0.15, 0.2) is 12.3 Å². The van der Waals surface area contributed by atoms with Crippen molar-refractivity contribution < 1.29 is 4.74 Å². The molecule has 2 aliphatic heterocycles. The minimum Gasteiger partial charge on any atom is -0.381 e. The highest BCUT2D eigenvalue weighted by Crippen LogP contribution is 2.39. The molecule has 0 radical (unpaired) electrons. The molecule has 1 atom stereocenters. The fourth-order valence-corrected chi connectivity index (χ4v) is 2.99. The molecule has 104 valence electrons. The Morgan fingerprint density at radius 1 is 1.32 bits per heavy atom. The average Bonchev–Trinajstić information content (AvgIpc) is 3.00. The third kappa shape index (κ3) is 2.46. The minimum atomic E-state index is 0.00386. The van der Waals surface area contributed by atoms with Crippen molar-refractivity contribution in [3.05, 3.63) is 18.1 Å². The standard InChI is InChI=1S/C15H23N3O/c1-14(2,3)13-16-7-4-12(17-13)18-8-5-15(10-18)6-9-19-11-15/h4,7H,5-6,8-11H2,1-3H3/t15-/m0/s1. The molecule has 3 rings (SSSR count). The van der Waals surface area contributed by atoms with Crippen molar-refractivity contribution in [2.24, 2.45) is 5.41 Å². The fourth-order valence-electron chi connectivity index (χ4n) is 2.99. The zero-order valence-electron chi connectivity index (χ0n) is 12.1. The molecule has 2 saturated heterocycles. The molecular weight excluding hydrogens is 238 g/mol. The highest BCUT2D eigenvalue weighted by molar-refractivity contribution is 5.40. The summed E-state index contributed by atoms with van der Waals surface area (Å²) in [6.45, 7) is 10.5. The second-order valence-electron chi connectivity index (χ2n) is 6.96. The van der Waals surface area contributed by atoms with Crippen LogP contribution in [-0.2, 0) is 10.2 Å². The molecule has 1 aromatic heterocycles. The number of ether oxygens (including phenoxy) is 1. The first-order valence-corrected chi connectivity index (χ1v) is 7.15. The van der Waals surface area contributed by atoms with E-state index in [4.69, 9.17) is 9.72 Å². The zero-order valence-corrected chi connectivity index (χ0v) is 12.1. The normalized spacial score (nSPS) is 27.4. The van der Waals surface area contributed by atoms with Gasteiger partial charge in [-0.05, 0) is 18.9 Å². The van der Waals surface area contributed by atoms with Gasteiger partial charge in [-0.3, -0.25) is 0 Å². The van der Waals surface area contributed by atoms with Crippen molar-refractivity contribution in [3.8, 4) is 0 Å². The van der Waals surface area contributed by atoms with Crippen LogP contribution in [0.25, 0.3) is 0 Å². The lowest BCUT2D eigenvalue weighted by molar-refractivity contribution is 0.160. The lowest BCUT2D eigenvalue weighted by atomic mass is 9.87. The van der Waals surface area contributed by atoms with Crippen LogP contribution in [0.5, 0.6) is 0 Å². The smallest absolute Gasteiger partial charge is 0.135 e. The van der Waals surface area contributed by atoms with Gasteiger partial charge in [0.25, 0.3) is 0 Å². The van der Waals surface area contributed by atoms with Gasteiger partial charge in [-0.1, -0.05) is 20.8 Å². The number of aromatic nitrogens is 2. The van der Waals surface area contributed by atoms with Crippen molar-refractivity contribution in [1.29, 1.82) is 0 Å². The van der Waals surface area contributed by atoms with Crippen molar-refractivity contribution in [1.82, 2.24) is 9.97 Å². The Balaban J connectivity index is 1.80. The van der Waals surface area contributed by atoms with Crippen LogP contribution >= 0.6 is 0 Å². The molecular formula is C15H23N3O. The molecule has 0 saturated carbocycles. The van der Waals surface area contributed by atoms with Gasteiger partial charge < -0.3 is 9.64 Å². The molecule has 4 heteroatoms. The molecule has 2 fully saturated rings. The molecule has 0 aromatic carbocycles. The predicted molar refractivity (Wildman–Crippen MR) is 75.4 cm³/mol. The summed E-state index contributed by atoms with van der Waals surface area (Å²) >= 11 is 0. The van der Waals surface area contributed by atoms with Crippen molar-refractivity contribution in [3.63, 3.8) is 0 Å². The Bertz CT molecular complexity index is 461. The van der Waals surface area contributed by atoms with Crippen LogP contribution in [0.1, 0.15) is 39.4 Å². The number of anilines is 1. The molecule has 0 bridgehead atoms. The van der Waals surface area contributed by atoms with E-state index in [-0.39, 0.29) is 5.41 Å². The topological polar surface area (TPSA) is 38.2 Å². The van der Waals surface area contributed by atoms with Gasteiger partial charge >= 0.3 is 0 Å². The molecule has 0 unspecified atom stereocenters. The third-order valence-corrected chi connectivity index (χ3v) is 4.26. The summed E-state index contributed by atoms with van der Waals surface area (Å²) in [4.78, 5) is 11.6. The summed E-state index contributed by atoms with van der Waals surface area (Å²) in [5.41, 5.74) is 0.386. The minimum absolute atomic E-state index is 0.00386. The summed E-state index contributed by atoms with van der Waals surface area (Å²) in [6.07, 6.45) is 4.31. The van der Waals surface area contributed by atoms with Crippen LogP contribution in [0.3, 0.4) is 0 Å². The highest BCUT2D eigenvalue weighted by Gasteiger charge is 2.41. The fraction of sp³-hybridized carbons (Fsp3) is 0.733. The summed E-state index contributed by atoms with van der Waals surface area (Å²) in [5, 5.41) is 0. The van der Waals surface area contributed by atoms with E-state index in [2.05, 4.69) is 30.7 Å². The van der Waals surface area contributed by atoms with Crippen LogP contribution in [0.2, 0.25) is 0 Å². The van der Waals surface area contributed by atoms with Gasteiger partial charge in [0.05, 0.1) is 6.61 Å². The predicted octanol–water partition coefficient (Wildman–Crippen LogP) is 2.39. The van der Waals surface area contributed by atoms with Gasteiger partial charge in [0.1, 0.15) is 11.6 Å². The second kappa shape index (κ2) is 4.44. The van der Waals surface area contributed by atoms with Crippen LogP contribution in [0.4, 0.5) is 5.82 Å². The van der Waals surface area contributed by atoms with E-state index < -0.39 is 0 Å². The van der Waals surface area contributed by atoms with Crippen molar-refractivity contribution >= 4 is 5.82 Å². The molecule has 3 heterocycles. The van der Waals surface area contributed by atoms with Crippen LogP contribution in [-0.4, -0.2) is 36.3 Å². The maximum Gasteiger partial charge on any atom is 0.135 e. The third-order valence-electron chi connectivity index (χ3n) is 4.26. The molecule has 1 spiro atoms. The van der Waals surface area contributed by atoms with Crippen molar-refractivity contribution in [2.75, 3.05) is 31.2 Å². The number of hydrogen-bond donors (Lipinski definition) is 0. The molecule has 0 N–H and O–H groups in total. The first kappa shape index (κ1) is 12.9. The van der Waals surface area contributed by atoms with E-state index in [1.807, 2.05) is 12.3 Å². The Morgan fingerprint density at radius 3 is 2.84 bits per heavy atom. The van der Waals surface area contributed by atoms with Gasteiger partial charge in [-0.15, -0.1) is 0 Å². The zero-order chi connectivity index (χ0) is 13.5. The largest absolute Gasteiger partial charge is 0.381 e. The quantitative estimate of drug-likeness (QED) is 0.778. The van der Waals surface area contributed by atoms with Crippen LogP contribution in [0, 0.1) is 5.41 Å². The van der Waals surface area contributed by atoms with Crippen molar-refractivity contribution in [2.45, 2.75) is 39.0 Å². The summed E-state index contributed by atoms with van der Waals surface area (Å²) in [5.74, 6) is 2.00. The maximum absolute atomic E-state index is 5.58. The van der Waals surface area contributed by atoms with E-state index in [1.54, 1.807) is 0 Å². The Kier molecular flexibility index (Phi) is 3.01. The van der Waals surface area contributed by atoms with Gasteiger partial charge in [-0.25, -0.2) is 9.97 Å². The molecule has 1 aromatic rings. The summed E-state index contributed by atoms with van der Waals surface area (Å²) < 4.78 is 5.58. The molecule has 0 aliphatic carbocycles. The van der Waals surface area contributed by atoms with Gasteiger partial charge in [-0.2, -0.15) is 0 Å². The Labute approximate surface area is 115 Å². The van der Waals surface area contributed by atoms with E-state index >= 15 is 0 Å². The van der Waals surface area contributed by atoms with Gasteiger partial charge in [0.15, 0.2) is 0 Å². The van der Waals surface area contributed by atoms with Gasteiger partial charge in [0.2, 0.25) is 0 Å². The summed E-state index contributed by atoms with van der Waals surface area (Å²) in [6, 6.07) is 2.03. The second-order valence-corrected chi connectivity index (χ2v) is 6.96. The maximum atomic E-state index is 5.58. The number of nitrogens with zero attached hydrogens (tertiary/aromatic N) is 3. The molecule has 4 nitrogen and oxygen atoms in total. The van der Waals surface area contributed by atoms with Crippen LogP contribution < -0.4 is 4.90 Å². The number of rotatable bonds is 1. The first-order valence-electron chi connectivity index (χ1n) is 7.15. The van der Waals surface area contributed by atoms with Gasteiger partial charge in [0, 0.05) is 36.7 Å². The molecule has 2 aliphatic rings. The molecule has 19 heavy (non-hydrogen) atoms. The lowest BCUT2D eigenvalue weighted by Gasteiger charge is -2.24. The van der Waals surface area contributed by atoms with E-state index in [9.17, 15) is 0 Å². The van der Waals surface area contributed by atoms with E-state index in [1.165, 1.54) is 12.8 Å². The SMILES string of the molecule is CC(C)(C)c1nccc(N2CC[C@]3(CCOC3)C2)n1. The highest BCUT2D eigenvalue weighted by atomic mass is 16.5. The molecule has 0 amide bonds. The van der Waals surface area contributed by atoms with E-state index in [0.717, 1.165) is 37.9 Å². The average molecular weight is 261 g/mol. The number of hydrogen-bond acceptors (Lipinski definition) is 4. The Hall–Kier alpha value is -1.16. The monoisotopic (exact) mass is 261 g/mol. The van der Waals surface area contributed by atoms with E-state index in [0.29, 0.717) is 5.41 Å². The summed E-state index contributed by atoms with van der Waals surface area (Å²) in [7, 11) is 0. The Morgan fingerprint density at radius 2 is 2.16 bits per heavy atom.